The lowest BCUT2D eigenvalue weighted by molar-refractivity contribution is -0.295. The number of halogens is 3. The van der Waals surface area contributed by atoms with E-state index in [1.807, 2.05) is 0 Å². The molecule has 1 fully saturated rings. The number of carbonyl (C=O) groups is 1. The molecule has 2 N–H and O–H groups in total. The summed E-state index contributed by atoms with van der Waals surface area (Å²) in [6.07, 6.45) is -9.05. The zero-order valence-electron chi connectivity index (χ0n) is 6.34. The van der Waals surface area contributed by atoms with Crippen molar-refractivity contribution in [1.29, 1.82) is 0 Å². The molecular weight excluding hydrogens is 193 g/mol. The Bertz CT molecular complexity index is 226. The highest BCUT2D eigenvalue weighted by Crippen LogP contribution is 2.39. The van der Waals surface area contributed by atoms with E-state index in [1.54, 1.807) is 0 Å². The van der Waals surface area contributed by atoms with E-state index in [9.17, 15) is 18.0 Å². The first-order chi connectivity index (χ1) is 5.74. The average Bonchev–Trinajstić information content (AvgIpc) is 1.79. The molecular formula is C6H7F3O4. The molecule has 0 aromatic carbocycles. The Hall–Kier alpha value is -0.820. The van der Waals surface area contributed by atoms with Crippen LogP contribution in [0.15, 0.2) is 0 Å². The zero-order chi connectivity index (χ0) is 10.3. The molecule has 1 aliphatic rings. The molecule has 13 heavy (non-hydrogen) atoms. The van der Waals surface area contributed by atoms with Gasteiger partial charge in [-0.25, -0.2) is 0 Å². The Kier molecular flexibility index (Phi) is 2.25. The molecule has 0 aliphatic carbocycles. The number of carbonyl (C=O) groups excluding carboxylic acids is 1. The highest BCUT2D eigenvalue weighted by Gasteiger charge is 2.58. The number of hydrogen-bond donors (Lipinski definition) is 2. The van der Waals surface area contributed by atoms with Gasteiger partial charge in [-0.3, -0.25) is 4.79 Å². The van der Waals surface area contributed by atoms with Crippen LogP contribution in [0.5, 0.6) is 0 Å². The number of rotatable bonds is 0. The SMILES string of the molecule is O=C1C[C@@](O)(C(F)(F)F)C[C@H](O)O1. The minimum atomic E-state index is -4.94. The fraction of sp³-hybridized carbons (Fsp3) is 0.833. The summed E-state index contributed by atoms with van der Waals surface area (Å²) in [5.74, 6) is -1.27. The van der Waals surface area contributed by atoms with Crippen LogP contribution < -0.4 is 0 Å². The van der Waals surface area contributed by atoms with Crippen LogP contribution in [0.25, 0.3) is 0 Å². The standard InChI is InChI=1S/C6H7F3O4/c7-6(8,9)5(12)1-3(10)13-4(11)2-5/h3,10,12H,1-2H2/t3-,5-/m1/s1. The molecule has 0 unspecified atom stereocenters. The second-order valence-electron chi connectivity index (χ2n) is 2.85. The lowest BCUT2D eigenvalue weighted by Gasteiger charge is -2.34. The van der Waals surface area contributed by atoms with Crippen LogP contribution in [0.3, 0.4) is 0 Å². The third-order valence-corrected chi connectivity index (χ3v) is 1.74. The fourth-order valence-corrected chi connectivity index (χ4v) is 1.05. The molecule has 76 valence electrons. The number of cyclic esters (lactones) is 1. The van der Waals surface area contributed by atoms with E-state index in [4.69, 9.17) is 10.2 Å². The predicted octanol–water partition coefficient (Wildman–Crippen LogP) is -0.0648. The number of aliphatic hydroxyl groups is 2. The second kappa shape index (κ2) is 2.85. The first-order valence-electron chi connectivity index (χ1n) is 3.41. The second-order valence-corrected chi connectivity index (χ2v) is 2.85. The number of aliphatic hydroxyl groups excluding tert-OH is 1. The molecule has 4 nitrogen and oxygen atoms in total. The normalized spacial score (nSPS) is 35.8. The van der Waals surface area contributed by atoms with Crippen LogP contribution in [0.4, 0.5) is 13.2 Å². The highest BCUT2D eigenvalue weighted by atomic mass is 19.4. The van der Waals surface area contributed by atoms with Gasteiger partial charge in [-0.15, -0.1) is 0 Å². The number of hydrogen-bond acceptors (Lipinski definition) is 4. The average molecular weight is 200 g/mol. The van der Waals surface area contributed by atoms with Gasteiger partial charge in [-0.05, 0) is 0 Å². The quantitative estimate of drug-likeness (QED) is 0.537. The third kappa shape index (κ3) is 1.92. The summed E-state index contributed by atoms with van der Waals surface area (Å²) < 4.78 is 40.3. The first kappa shape index (κ1) is 10.3. The Morgan fingerprint density at radius 3 is 2.46 bits per heavy atom. The van der Waals surface area contributed by atoms with Crippen LogP contribution in [0.2, 0.25) is 0 Å². The molecule has 2 atom stereocenters. The van der Waals surface area contributed by atoms with Gasteiger partial charge in [-0.2, -0.15) is 13.2 Å². The van der Waals surface area contributed by atoms with Gasteiger partial charge in [0.2, 0.25) is 6.29 Å². The van der Waals surface area contributed by atoms with Crippen LogP contribution in [0, 0.1) is 0 Å². The summed E-state index contributed by atoms with van der Waals surface area (Å²) in [7, 11) is 0. The topological polar surface area (TPSA) is 66.8 Å². The molecule has 0 amide bonds. The minimum absolute atomic E-state index is 1.04. The molecule has 0 aromatic heterocycles. The van der Waals surface area contributed by atoms with Crippen LogP contribution in [0.1, 0.15) is 12.8 Å². The summed E-state index contributed by atoms with van der Waals surface area (Å²) >= 11 is 0. The van der Waals surface area contributed by atoms with Gasteiger partial charge in [0.25, 0.3) is 0 Å². The monoisotopic (exact) mass is 200 g/mol. The summed E-state index contributed by atoms with van der Waals surface area (Å²) in [6, 6.07) is 0. The fourth-order valence-electron chi connectivity index (χ4n) is 1.05. The molecule has 0 aromatic rings. The first-order valence-corrected chi connectivity index (χ1v) is 3.41. The Morgan fingerprint density at radius 2 is 2.08 bits per heavy atom. The summed E-state index contributed by atoms with van der Waals surface area (Å²) in [6.45, 7) is 0. The summed E-state index contributed by atoms with van der Waals surface area (Å²) in [5, 5.41) is 17.6. The van der Waals surface area contributed by atoms with E-state index >= 15 is 0 Å². The summed E-state index contributed by atoms with van der Waals surface area (Å²) in [4.78, 5) is 10.5. The molecule has 7 heteroatoms. The van der Waals surface area contributed by atoms with Gasteiger partial charge in [0, 0.05) is 6.42 Å². The predicted molar refractivity (Wildman–Crippen MR) is 32.3 cm³/mol. The zero-order valence-corrected chi connectivity index (χ0v) is 6.34. The third-order valence-electron chi connectivity index (χ3n) is 1.74. The molecule has 0 bridgehead atoms. The van der Waals surface area contributed by atoms with Gasteiger partial charge in [0.15, 0.2) is 5.60 Å². The minimum Gasteiger partial charge on any atom is -0.436 e. The lowest BCUT2D eigenvalue weighted by atomic mass is 9.92. The van der Waals surface area contributed by atoms with Crippen molar-refractivity contribution in [2.45, 2.75) is 30.9 Å². The van der Waals surface area contributed by atoms with Crippen molar-refractivity contribution >= 4 is 5.97 Å². The van der Waals surface area contributed by atoms with Gasteiger partial charge in [0.05, 0.1) is 6.42 Å². The molecule has 1 saturated heterocycles. The van der Waals surface area contributed by atoms with Gasteiger partial charge < -0.3 is 14.9 Å². The van der Waals surface area contributed by atoms with Crippen molar-refractivity contribution in [2.75, 3.05) is 0 Å². The van der Waals surface area contributed by atoms with E-state index in [2.05, 4.69) is 4.74 Å². The molecule has 0 spiro atoms. The van der Waals surface area contributed by atoms with Crippen molar-refractivity contribution in [1.82, 2.24) is 0 Å². The molecule has 1 rings (SSSR count). The van der Waals surface area contributed by atoms with Crippen LogP contribution >= 0.6 is 0 Å². The molecule has 0 radical (unpaired) electrons. The van der Waals surface area contributed by atoms with Crippen molar-refractivity contribution in [2.24, 2.45) is 0 Å². The van der Waals surface area contributed by atoms with Crippen molar-refractivity contribution in [3.05, 3.63) is 0 Å². The van der Waals surface area contributed by atoms with E-state index in [-0.39, 0.29) is 0 Å². The van der Waals surface area contributed by atoms with Gasteiger partial charge in [-0.1, -0.05) is 0 Å². The Balaban J connectivity index is 2.84. The van der Waals surface area contributed by atoms with E-state index < -0.39 is 36.9 Å². The number of alkyl halides is 3. The number of esters is 1. The maximum absolute atomic E-state index is 12.1. The smallest absolute Gasteiger partial charge is 0.418 e. The van der Waals surface area contributed by atoms with Crippen LogP contribution in [-0.4, -0.2) is 34.2 Å². The van der Waals surface area contributed by atoms with Gasteiger partial charge in [0.1, 0.15) is 0 Å². The Labute approximate surface area is 70.9 Å². The van der Waals surface area contributed by atoms with Gasteiger partial charge >= 0.3 is 12.1 Å². The molecule has 1 aliphatic heterocycles. The molecule has 0 saturated carbocycles. The van der Waals surface area contributed by atoms with Crippen molar-refractivity contribution in [3.8, 4) is 0 Å². The van der Waals surface area contributed by atoms with Crippen molar-refractivity contribution < 1.29 is 32.9 Å². The number of ether oxygens (including phenoxy) is 1. The van der Waals surface area contributed by atoms with Crippen molar-refractivity contribution in [3.63, 3.8) is 0 Å². The van der Waals surface area contributed by atoms with E-state index in [0.29, 0.717) is 0 Å². The van der Waals surface area contributed by atoms with E-state index in [0.717, 1.165) is 0 Å². The molecule has 1 heterocycles. The Morgan fingerprint density at radius 1 is 1.54 bits per heavy atom. The summed E-state index contributed by atoms with van der Waals surface area (Å²) in [5.41, 5.74) is -3.16. The maximum Gasteiger partial charge on any atom is 0.418 e. The largest absolute Gasteiger partial charge is 0.436 e. The lowest BCUT2D eigenvalue weighted by Crippen LogP contribution is -2.53. The highest BCUT2D eigenvalue weighted by molar-refractivity contribution is 5.71. The maximum atomic E-state index is 12.1. The van der Waals surface area contributed by atoms with E-state index in [1.165, 1.54) is 0 Å². The van der Waals surface area contributed by atoms with Crippen LogP contribution in [-0.2, 0) is 9.53 Å².